The fraction of sp³-hybridized carbons (Fsp3) is 0.833. The highest BCUT2D eigenvalue weighted by Gasteiger charge is 2.27. The molecule has 2 N–H and O–H groups in total. The van der Waals surface area contributed by atoms with Gasteiger partial charge in [-0.2, -0.15) is 4.98 Å². The maximum absolute atomic E-state index is 6.06. The Morgan fingerprint density at radius 3 is 2.94 bits per heavy atom. The van der Waals surface area contributed by atoms with Crippen LogP contribution in [0.15, 0.2) is 4.52 Å². The predicted octanol–water partition coefficient (Wildman–Crippen LogP) is 1.77. The zero-order chi connectivity index (χ0) is 12.3. The molecule has 0 saturated carbocycles. The number of nitrogens with zero attached hydrogens (tertiary/aromatic N) is 2. The molecule has 1 saturated heterocycles. The van der Waals surface area contributed by atoms with Crippen LogP contribution in [-0.4, -0.2) is 22.9 Å². The largest absolute Gasteiger partial charge is 0.378 e. The van der Waals surface area contributed by atoms with Crippen LogP contribution in [0, 0.1) is 0 Å². The summed E-state index contributed by atoms with van der Waals surface area (Å²) in [6.07, 6.45) is 5.19. The summed E-state index contributed by atoms with van der Waals surface area (Å²) in [7, 11) is 0. The first-order chi connectivity index (χ1) is 8.12. The molecule has 1 aromatic heterocycles. The summed E-state index contributed by atoms with van der Waals surface area (Å²) in [6.45, 7) is 4.76. The van der Waals surface area contributed by atoms with Crippen molar-refractivity contribution < 1.29 is 9.26 Å². The van der Waals surface area contributed by atoms with E-state index in [1.165, 1.54) is 6.42 Å². The van der Waals surface area contributed by atoms with Gasteiger partial charge in [-0.25, -0.2) is 0 Å². The number of aromatic nitrogens is 2. The second-order valence-electron chi connectivity index (χ2n) is 4.98. The Kier molecular flexibility index (Phi) is 3.79. The van der Waals surface area contributed by atoms with Gasteiger partial charge in [0.15, 0.2) is 5.82 Å². The van der Waals surface area contributed by atoms with Crippen molar-refractivity contribution >= 4 is 0 Å². The summed E-state index contributed by atoms with van der Waals surface area (Å²) in [4.78, 5) is 4.36. The van der Waals surface area contributed by atoms with Gasteiger partial charge in [-0.05, 0) is 32.6 Å². The molecule has 1 aliphatic heterocycles. The van der Waals surface area contributed by atoms with E-state index in [9.17, 15) is 0 Å². The zero-order valence-corrected chi connectivity index (χ0v) is 10.6. The molecule has 1 fully saturated rings. The van der Waals surface area contributed by atoms with Crippen molar-refractivity contribution in [3.8, 4) is 0 Å². The lowest BCUT2D eigenvalue weighted by Crippen LogP contribution is -2.32. The van der Waals surface area contributed by atoms with Crippen molar-refractivity contribution in [2.45, 2.75) is 57.6 Å². The SMILES string of the molecule is CCC(C)(N)c1nc(CC2CCCCO2)no1. The lowest BCUT2D eigenvalue weighted by Gasteiger charge is -2.21. The summed E-state index contributed by atoms with van der Waals surface area (Å²) in [5.74, 6) is 1.22. The lowest BCUT2D eigenvalue weighted by molar-refractivity contribution is 0.0153. The summed E-state index contributed by atoms with van der Waals surface area (Å²) in [6, 6.07) is 0. The minimum Gasteiger partial charge on any atom is -0.378 e. The molecule has 0 aromatic carbocycles. The van der Waals surface area contributed by atoms with Gasteiger partial charge in [-0.15, -0.1) is 0 Å². The van der Waals surface area contributed by atoms with Crippen LogP contribution in [0.4, 0.5) is 0 Å². The second-order valence-corrected chi connectivity index (χ2v) is 4.98. The molecule has 5 nitrogen and oxygen atoms in total. The molecule has 96 valence electrons. The van der Waals surface area contributed by atoms with E-state index in [1.54, 1.807) is 0 Å². The van der Waals surface area contributed by atoms with Crippen molar-refractivity contribution in [3.05, 3.63) is 11.7 Å². The van der Waals surface area contributed by atoms with Gasteiger partial charge in [0.05, 0.1) is 11.6 Å². The molecule has 1 aromatic rings. The fourth-order valence-corrected chi connectivity index (χ4v) is 1.89. The number of rotatable bonds is 4. The van der Waals surface area contributed by atoms with Gasteiger partial charge < -0.3 is 15.0 Å². The van der Waals surface area contributed by atoms with Crippen molar-refractivity contribution in [3.63, 3.8) is 0 Å². The fourth-order valence-electron chi connectivity index (χ4n) is 1.89. The Labute approximate surface area is 102 Å². The Bertz CT molecular complexity index is 356. The van der Waals surface area contributed by atoms with Crippen LogP contribution in [0.1, 0.15) is 51.2 Å². The molecule has 0 bridgehead atoms. The standard InChI is InChI=1S/C12H21N3O2/c1-3-12(2,13)11-14-10(15-17-11)8-9-6-4-5-7-16-9/h9H,3-8,13H2,1-2H3. The van der Waals surface area contributed by atoms with E-state index in [4.69, 9.17) is 15.0 Å². The molecular weight excluding hydrogens is 218 g/mol. The highest BCUT2D eigenvalue weighted by Crippen LogP contribution is 2.21. The highest BCUT2D eigenvalue weighted by molar-refractivity contribution is 5.00. The van der Waals surface area contributed by atoms with E-state index in [-0.39, 0.29) is 6.10 Å². The van der Waals surface area contributed by atoms with Crippen molar-refractivity contribution in [1.82, 2.24) is 10.1 Å². The summed E-state index contributed by atoms with van der Waals surface area (Å²) < 4.78 is 10.9. The van der Waals surface area contributed by atoms with Gasteiger partial charge in [0.2, 0.25) is 5.89 Å². The Balaban J connectivity index is 1.98. The number of hydrogen-bond acceptors (Lipinski definition) is 5. The first-order valence-corrected chi connectivity index (χ1v) is 6.35. The van der Waals surface area contributed by atoms with Crippen molar-refractivity contribution in [2.24, 2.45) is 5.73 Å². The van der Waals surface area contributed by atoms with Gasteiger partial charge in [-0.3, -0.25) is 0 Å². The van der Waals surface area contributed by atoms with E-state index in [1.807, 2.05) is 13.8 Å². The Hall–Kier alpha value is -0.940. The van der Waals surface area contributed by atoms with E-state index in [0.29, 0.717) is 11.7 Å². The number of hydrogen-bond donors (Lipinski definition) is 1. The van der Waals surface area contributed by atoms with Crippen LogP contribution in [0.25, 0.3) is 0 Å². The third kappa shape index (κ3) is 3.04. The van der Waals surface area contributed by atoms with Crippen LogP contribution in [0.2, 0.25) is 0 Å². The smallest absolute Gasteiger partial charge is 0.246 e. The third-order valence-corrected chi connectivity index (χ3v) is 3.38. The molecule has 2 atom stereocenters. The molecule has 5 heteroatoms. The maximum Gasteiger partial charge on any atom is 0.246 e. The normalized spacial score (nSPS) is 24.5. The van der Waals surface area contributed by atoms with Crippen LogP contribution in [0.5, 0.6) is 0 Å². The van der Waals surface area contributed by atoms with E-state index in [2.05, 4.69) is 10.1 Å². The molecule has 2 rings (SSSR count). The predicted molar refractivity (Wildman–Crippen MR) is 63.4 cm³/mol. The molecule has 0 amide bonds. The third-order valence-electron chi connectivity index (χ3n) is 3.38. The van der Waals surface area contributed by atoms with Crippen molar-refractivity contribution in [2.75, 3.05) is 6.61 Å². The first kappa shape index (κ1) is 12.5. The monoisotopic (exact) mass is 239 g/mol. The average Bonchev–Trinajstić information content (AvgIpc) is 2.80. The number of nitrogens with two attached hydrogens (primary N) is 1. The highest BCUT2D eigenvalue weighted by atomic mass is 16.5. The van der Waals surface area contributed by atoms with Gasteiger partial charge >= 0.3 is 0 Å². The van der Waals surface area contributed by atoms with Gasteiger partial charge in [0, 0.05) is 13.0 Å². The lowest BCUT2D eigenvalue weighted by atomic mass is 10.0. The molecular formula is C12H21N3O2. The molecule has 17 heavy (non-hydrogen) atoms. The van der Waals surface area contributed by atoms with Gasteiger partial charge in [-0.1, -0.05) is 12.1 Å². The topological polar surface area (TPSA) is 74.2 Å². The maximum atomic E-state index is 6.06. The molecule has 2 unspecified atom stereocenters. The van der Waals surface area contributed by atoms with E-state index in [0.717, 1.165) is 32.3 Å². The minimum absolute atomic E-state index is 0.236. The summed E-state index contributed by atoms with van der Waals surface area (Å²) in [5, 5.41) is 3.98. The van der Waals surface area contributed by atoms with E-state index >= 15 is 0 Å². The van der Waals surface area contributed by atoms with Gasteiger partial charge in [0.1, 0.15) is 0 Å². The van der Waals surface area contributed by atoms with Crippen LogP contribution in [-0.2, 0) is 16.7 Å². The van der Waals surface area contributed by atoms with E-state index < -0.39 is 5.54 Å². The molecule has 1 aliphatic rings. The van der Waals surface area contributed by atoms with Crippen LogP contribution < -0.4 is 5.73 Å². The molecule has 0 aliphatic carbocycles. The Morgan fingerprint density at radius 2 is 2.29 bits per heavy atom. The van der Waals surface area contributed by atoms with Crippen LogP contribution in [0.3, 0.4) is 0 Å². The zero-order valence-electron chi connectivity index (χ0n) is 10.6. The molecule has 0 radical (unpaired) electrons. The second kappa shape index (κ2) is 5.14. The van der Waals surface area contributed by atoms with Crippen LogP contribution >= 0.6 is 0 Å². The summed E-state index contributed by atoms with van der Waals surface area (Å²) >= 11 is 0. The number of ether oxygens (including phenoxy) is 1. The first-order valence-electron chi connectivity index (χ1n) is 6.35. The van der Waals surface area contributed by atoms with Gasteiger partial charge in [0.25, 0.3) is 0 Å². The minimum atomic E-state index is -0.529. The summed E-state index contributed by atoms with van der Waals surface area (Å²) in [5.41, 5.74) is 5.53. The average molecular weight is 239 g/mol. The molecule has 2 heterocycles. The van der Waals surface area contributed by atoms with Crippen molar-refractivity contribution in [1.29, 1.82) is 0 Å². The quantitative estimate of drug-likeness (QED) is 0.866. The molecule has 0 spiro atoms. The Morgan fingerprint density at radius 1 is 1.47 bits per heavy atom.